The predicted octanol–water partition coefficient (Wildman–Crippen LogP) is -0.228. The highest BCUT2D eigenvalue weighted by Gasteiger charge is 2.07. The van der Waals surface area contributed by atoms with Gasteiger partial charge in [-0.2, -0.15) is 0 Å². The number of carbonyl (C=O) groups is 2. The highest BCUT2D eigenvalue weighted by molar-refractivity contribution is 5.81. The van der Waals surface area contributed by atoms with E-state index in [0.717, 1.165) is 12.2 Å². The molecule has 0 amide bonds. The molecule has 0 bridgehead atoms. The Morgan fingerprint density at radius 3 is 1.79 bits per heavy atom. The molecule has 0 saturated carbocycles. The first-order valence-corrected chi connectivity index (χ1v) is 3.94. The summed E-state index contributed by atoms with van der Waals surface area (Å²) in [6, 6.07) is -0.539. The SMILES string of the molecule is C=CC(=O)OCC(N)COC(=O)C=C. The molecule has 0 aromatic heterocycles. The van der Waals surface area contributed by atoms with Gasteiger partial charge in [0.1, 0.15) is 13.2 Å². The molecule has 2 N–H and O–H groups in total. The zero-order chi connectivity index (χ0) is 11.0. The monoisotopic (exact) mass is 199 g/mol. The van der Waals surface area contributed by atoms with Gasteiger partial charge in [0.15, 0.2) is 0 Å². The quantitative estimate of drug-likeness (QED) is 0.472. The van der Waals surface area contributed by atoms with Crippen molar-refractivity contribution in [1.29, 1.82) is 0 Å². The maximum absolute atomic E-state index is 10.6. The summed E-state index contributed by atoms with van der Waals surface area (Å²) in [4.78, 5) is 21.2. The Kier molecular flexibility index (Phi) is 6.06. The van der Waals surface area contributed by atoms with Gasteiger partial charge in [0.2, 0.25) is 0 Å². The van der Waals surface area contributed by atoms with E-state index in [1.807, 2.05) is 0 Å². The van der Waals surface area contributed by atoms with Crippen LogP contribution in [0.15, 0.2) is 25.3 Å². The van der Waals surface area contributed by atoms with Crippen LogP contribution < -0.4 is 5.73 Å². The lowest BCUT2D eigenvalue weighted by Crippen LogP contribution is -2.33. The topological polar surface area (TPSA) is 78.6 Å². The second-order valence-corrected chi connectivity index (χ2v) is 2.43. The number of hydrogen-bond acceptors (Lipinski definition) is 5. The maximum Gasteiger partial charge on any atom is 0.330 e. The third kappa shape index (κ3) is 5.96. The molecule has 5 heteroatoms. The largest absolute Gasteiger partial charge is 0.461 e. The first-order chi connectivity index (χ1) is 6.60. The number of rotatable bonds is 6. The van der Waals surface area contributed by atoms with E-state index in [1.54, 1.807) is 0 Å². The molecular weight excluding hydrogens is 186 g/mol. The minimum Gasteiger partial charge on any atom is -0.461 e. The van der Waals surface area contributed by atoms with Crippen molar-refractivity contribution in [3.05, 3.63) is 25.3 Å². The van der Waals surface area contributed by atoms with Crippen LogP contribution >= 0.6 is 0 Å². The number of carbonyl (C=O) groups excluding carboxylic acids is 2. The molecule has 0 saturated heterocycles. The molecule has 0 unspecified atom stereocenters. The predicted molar refractivity (Wildman–Crippen MR) is 50.3 cm³/mol. The number of esters is 2. The van der Waals surface area contributed by atoms with Gasteiger partial charge >= 0.3 is 11.9 Å². The van der Waals surface area contributed by atoms with Crippen LogP contribution in [0.2, 0.25) is 0 Å². The normalized spacial score (nSPS) is 9.29. The van der Waals surface area contributed by atoms with Crippen LogP contribution in [0, 0.1) is 0 Å². The summed E-state index contributed by atoms with van der Waals surface area (Å²) >= 11 is 0. The Morgan fingerprint density at radius 2 is 1.50 bits per heavy atom. The standard InChI is InChI=1S/C9H13NO4/c1-3-8(11)13-5-7(10)6-14-9(12)4-2/h3-4,7H,1-2,5-6,10H2. The fourth-order valence-corrected chi connectivity index (χ4v) is 0.544. The molecule has 0 fully saturated rings. The van der Waals surface area contributed by atoms with Gasteiger partial charge in [-0.3, -0.25) is 0 Å². The van der Waals surface area contributed by atoms with Gasteiger partial charge in [-0.15, -0.1) is 0 Å². The summed E-state index contributed by atoms with van der Waals surface area (Å²) in [5, 5.41) is 0. The van der Waals surface area contributed by atoms with Crippen LogP contribution in [0.3, 0.4) is 0 Å². The third-order valence-electron chi connectivity index (χ3n) is 1.21. The molecule has 5 nitrogen and oxygen atoms in total. The molecule has 0 aliphatic heterocycles. The molecule has 14 heavy (non-hydrogen) atoms. The molecule has 0 aromatic rings. The fraction of sp³-hybridized carbons (Fsp3) is 0.333. The summed E-state index contributed by atoms with van der Waals surface area (Å²) < 4.78 is 9.24. The lowest BCUT2D eigenvalue weighted by atomic mass is 10.3. The van der Waals surface area contributed by atoms with Crippen molar-refractivity contribution in [3.63, 3.8) is 0 Å². The molecule has 0 rings (SSSR count). The van der Waals surface area contributed by atoms with Gasteiger partial charge in [0.05, 0.1) is 6.04 Å². The van der Waals surface area contributed by atoms with Crippen LogP contribution in [0.4, 0.5) is 0 Å². The van der Waals surface area contributed by atoms with Crippen LogP contribution in [-0.2, 0) is 19.1 Å². The average molecular weight is 199 g/mol. The zero-order valence-corrected chi connectivity index (χ0v) is 7.77. The van der Waals surface area contributed by atoms with Crippen LogP contribution in [0.1, 0.15) is 0 Å². The summed E-state index contributed by atoms with van der Waals surface area (Å²) in [5.41, 5.74) is 5.46. The van der Waals surface area contributed by atoms with Gasteiger partial charge < -0.3 is 15.2 Å². The van der Waals surface area contributed by atoms with E-state index < -0.39 is 18.0 Å². The lowest BCUT2D eigenvalue weighted by Gasteiger charge is -2.10. The Morgan fingerprint density at radius 1 is 1.14 bits per heavy atom. The van der Waals surface area contributed by atoms with Gasteiger partial charge in [-0.25, -0.2) is 9.59 Å². The molecule has 0 atom stereocenters. The first-order valence-electron chi connectivity index (χ1n) is 3.94. The first kappa shape index (κ1) is 12.4. The van der Waals surface area contributed by atoms with Crippen molar-refractivity contribution in [2.75, 3.05) is 13.2 Å². The Balaban J connectivity index is 3.60. The number of ether oxygens (including phenoxy) is 2. The molecular formula is C9H13NO4. The van der Waals surface area contributed by atoms with Gasteiger partial charge in [0.25, 0.3) is 0 Å². The zero-order valence-electron chi connectivity index (χ0n) is 7.77. The molecule has 78 valence electrons. The molecule has 0 aliphatic carbocycles. The molecule has 0 radical (unpaired) electrons. The molecule has 0 spiro atoms. The van der Waals surface area contributed by atoms with Gasteiger partial charge in [-0.05, 0) is 0 Å². The number of nitrogens with two attached hydrogens (primary N) is 1. The molecule has 0 aliphatic rings. The van der Waals surface area contributed by atoms with Gasteiger partial charge in [0, 0.05) is 12.2 Å². The van der Waals surface area contributed by atoms with E-state index in [-0.39, 0.29) is 13.2 Å². The summed E-state index contributed by atoms with van der Waals surface area (Å²) in [6.45, 7) is 6.39. The van der Waals surface area contributed by atoms with E-state index in [2.05, 4.69) is 22.6 Å². The minimum absolute atomic E-state index is 0.0186. The van der Waals surface area contributed by atoms with Crippen molar-refractivity contribution < 1.29 is 19.1 Å². The van der Waals surface area contributed by atoms with E-state index in [9.17, 15) is 9.59 Å². The maximum atomic E-state index is 10.6. The van der Waals surface area contributed by atoms with Crippen molar-refractivity contribution in [1.82, 2.24) is 0 Å². The molecule has 0 heterocycles. The summed E-state index contributed by atoms with van der Waals surface area (Å²) in [5.74, 6) is -1.12. The van der Waals surface area contributed by atoms with E-state index in [4.69, 9.17) is 5.73 Å². The fourth-order valence-electron chi connectivity index (χ4n) is 0.544. The Labute approximate surface area is 82.2 Å². The van der Waals surface area contributed by atoms with E-state index in [1.165, 1.54) is 0 Å². The average Bonchev–Trinajstić information content (AvgIpc) is 2.22. The molecule has 0 aromatic carbocycles. The Hall–Kier alpha value is -1.62. The van der Waals surface area contributed by atoms with Crippen LogP contribution in [-0.4, -0.2) is 31.2 Å². The minimum atomic E-state index is -0.560. The lowest BCUT2D eigenvalue weighted by molar-refractivity contribution is -0.140. The second-order valence-electron chi connectivity index (χ2n) is 2.43. The van der Waals surface area contributed by atoms with E-state index >= 15 is 0 Å². The van der Waals surface area contributed by atoms with Gasteiger partial charge in [-0.1, -0.05) is 13.2 Å². The summed E-state index contributed by atoms with van der Waals surface area (Å²) in [7, 11) is 0. The Bertz CT molecular complexity index is 213. The number of hydrogen-bond donors (Lipinski definition) is 1. The third-order valence-corrected chi connectivity index (χ3v) is 1.21. The van der Waals surface area contributed by atoms with Crippen molar-refractivity contribution in [2.24, 2.45) is 5.73 Å². The van der Waals surface area contributed by atoms with Crippen molar-refractivity contribution in [3.8, 4) is 0 Å². The smallest absolute Gasteiger partial charge is 0.330 e. The van der Waals surface area contributed by atoms with Crippen LogP contribution in [0.25, 0.3) is 0 Å². The van der Waals surface area contributed by atoms with E-state index in [0.29, 0.717) is 0 Å². The second kappa shape index (κ2) is 6.85. The van der Waals surface area contributed by atoms with Crippen LogP contribution in [0.5, 0.6) is 0 Å². The van der Waals surface area contributed by atoms with Crippen molar-refractivity contribution >= 4 is 11.9 Å². The van der Waals surface area contributed by atoms with Crippen molar-refractivity contribution in [2.45, 2.75) is 6.04 Å². The summed E-state index contributed by atoms with van der Waals surface area (Å²) in [6.07, 6.45) is 2.06. The highest BCUT2D eigenvalue weighted by Crippen LogP contribution is 1.88. The highest BCUT2D eigenvalue weighted by atomic mass is 16.5.